The molecule has 0 radical (unpaired) electrons. The molecule has 1 amide bonds. The largest absolute Gasteiger partial charge is 0.342 e. The van der Waals surface area contributed by atoms with E-state index in [4.69, 9.17) is 5.73 Å². The molecule has 4 nitrogen and oxygen atoms in total. The summed E-state index contributed by atoms with van der Waals surface area (Å²) in [7, 11) is 3.99. The fourth-order valence-electron chi connectivity index (χ4n) is 2.14. The Morgan fingerprint density at radius 1 is 1.56 bits per heavy atom. The van der Waals surface area contributed by atoms with Crippen LogP contribution in [0.5, 0.6) is 0 Å². The van der Waals surface area contributed by atoms with Gasteiger partial charge in [0.05, 0.1) is 0 Å². The number of likely N-dealkylation sites (tertiary alicyclic amines) is 1. The molecule has 1 aliphatic rings. The first-order chi connectivity index (χ1) is 7.50. The van der Waals surface area contributed by atoms with Crippen LogP contribution in [0.2, 0.25) is 0 Å². The van der Waals surface area contributed by atoms with Crippen molar-refractivity contribution in [2.24, 2.45) is 11.7 Å². The Labute approximate surface area is 98.8 Å². The quantitative estimate of drug-likeness (QED) is 0.762. The summed E-state index contributed by atoms with van der Waals surface area (Å²) in [4.78, 5) is 16.0. The molecule has 0 aromatic rings. The maximum atomic E-state index is 11.9. The molecule has 1 heterocycles. The van der Waals surface area contributed by atoms with Gasteiger partial charge < -0.3 is 15.5 Å². The second kappa shape index (κ2) is 6.21. The van der Waals surface area contributed by atoms with E-state index in [1.54, 1.807) is 0 Å². The lowest BCUT2D eigenvalue weighted by Gasteiger charge is -2.34. The van der Waals surface area contributed by atoms with E-state index in [9.17, 15) is 4.79 Å². The van der Waals surface area contributed by atoms with Crippen LogP contribution in [0.4, 0.5) is 0 Å². The zero-order chi connectivity index (χ0) is 12.1. The lowest BCUT2D eigenvalue weighted by Crippen LogP contribution is -2.45. The van der Waals surface area contributed by atoms with E-state index in [2.05, 4.69) is 0 Å². The summed E-state index contributed by atoms with van der Waals surface area (Å²) in [5.74, 6) is 0.760. The highest BCUT2D eigenvalue weighted by atomic mass is 16.2. The van der Waals surface area contributed by atoms with Gasteiger partial charge >= 0.3 is 0 Å². The fourth-order valence-corrected chi connectivity index (χ4v) is 2.14. The molecule has 16 heavy (non-hydrogen) atoms. The average Bonchev–Trinajstić information content (AvgIpc) is 2.26. The Morgan fingerprint density at radius 3 is 2.81 bits per heavy atom. The fraction of sp³-hybridized carbons (Fsp3) is 0.917. The monoisotopic (exact) mass is 227 g/mol. The maximum absolute atomic E-state index is 11.9. The van der Waals surface area contributed by atoms with Gasteiger partial charge in [-0.05, 0) is 39.8 Å². The summed E-state index contributed by atoms with van der Waals surface area (Å²) in [6.07, 6.45) is 2.88. The van der Waals surface area contributed by atoms with Crippen molar-refractivity contribution in [3.05, 3.63) is 0 Å². The van der Waals surface area contributed by atoms with Gasteiger partial charge in [0.25, 0.3) is 0 Å². The minimum absolute atomic E-state index is 0.199. The first kappa shape index (κ1) is 13.5. The predicted octanol–water partition coefficient (Wildman–Crippen LogP) is 0.524. The molecule has 0 bridgehead atoms. The van der Waals surface area contributed by atoms with E-state index in [0.717, 1.165) is 32.5 Å². The van der Waals surface area contributed by atoms with Crippen LogP contribution in [0, 0.1) is 5.92 Å². The maximum Gasteiger partial charge on any atom is 0.223 e. The number of nitrogens with zero attached hydrogens (tertiary/aromatic N) is 2. The summed E-state index contributed by atoms with van der Waals surface area (Å²) >= 11 is 0. The van der Waals surface area contributed by atoms with E-state index in [1.807, 2.05) is 30.8 Å². The summed E-state index contributed by atoms with van der Waals surface area (Å²) in [6, 6.07) is 0.199. The Hall–Kier alpha value is -0.610. The molecule has 1 aliphatic heterocycles. The normalized spacial score (nSPS) is 23.6. The molecule has 2 unspecified atom stereocenters. The molecule has 1 fully saturated rings. The van der Waals surface area contributed by atoms with Crippen molar-refractivity contribution in [1.82, 2.24) is 9.80 Å². The van der Waals surface area contributed by atoms with Crippen molar-refractivity contribution in [2.75, 3.05) is 33.7 Å². The van der Waals surface area contributed by atoms with Crippen molar-refractivity contribution < 1.29 is 4.79 Å². The second-order valence-electron chi connectivity index (χ2n) is 5.15. The van der Waals surface area contributed by atoms with E-state index in [1.165, 1.54) is 0 Å². The van der Waals surface area contributed by atoms with Crippen LogP contribution in [0.25, 0.3) is 0 Å². The average molecular weight is 227 g/mol. The number of amides is 1. The number of nitrogens with two attached hydrogens (primary N) is 1. The molecule has 0 spiro atoms. The van der Waals surface area contributed by atoms with E-state index < -0.39 is 0 Å². The molecule has 1 rings (SSSR count). The van der Waals surface area contributed by atoms with Gasteiger partial charge in [-0.25, -0.2) is 0 Å². The van der Waals surface area contributed by atoms with Gasteiger partial charge in [-0.3, -0.25) is 4.79 Å². The minimum atomic E-state index is 0.199. The van der Waals surface area contributed by atoms with Gasteiger partial charge in [0.15, 0.2) is 0 Å². The number of rotatable bonds is 4. The van der Waals surface area contributed by atoms with E-state index in [-0.39, 0.29) is 11.9 Å². The molecule has 4 heteroatoms. The highest BCUT2D eigenvalue weighted by molar-refractivity contribution is 5.76. The highest BCUT2D eigenvalue weighted by Gasteiger charge is 2.25. The van der Waals surface area contributed by atoms with Crippen molar-refractivity contribution in [1.29, 1.82) is 0 Å². The van der Waals surface area contributed by atoms with Crippen LogP contribution >= 0.6 is 0 Å². The third-order valence-corrected chi connectivity index (χ3v) is 3.33. The van der Waals surface area contributed by atoms with Gasteiger partial charge in [0, 0.05) is 32.1 Å². The molecule has 1 saturated heterocycles. The lowest BCUT2D eigenvalue weighted by atomic mass is 9.92. The molecule has 2 N–H and O–H groups in total. The molecule has 0 aromatic heterocycles. The van der Waals surface area contributed by atoms with Crippen LogP contribution in [0.3, 0.4) is 0 Å². The number of hydrogen-bond donors (Lipinski definition) is 1. The summed E-state index contributed by atoms with van der Waals surface area (Å²) in [5, 5.41) is 0. The van der Waals surface area contributed by atoms with Gasteiger partial charge in [0.2, 0.25) is 5.91 Å². The summed E-state index contributed by atoms with van der Waals surface area (Å²) < 4.78 is 0. The Morgan fingerprint density at radius 2 is 2.25 bits per heavy atom. The first-order valence-electron chi connectivity index (χ1n) is 6.18. The van der Waals surface area contributed by atoms with Crippen LogP contribution in [0.15, 0.2) is 0 Å². The first-order valence-corrected chi connectivity index (χ1v) is 6.18. The van der Waals surface area contributed by atoms with Gasteiger partial charge in [-0.2, -0.15) is 0 Å². The zero-order valence-electron chi connectivity index (χ0n) is 10.8. The SMILES string of the molecule is CC(N)C1CCCN(C(=O)CCN(C)C)C1. The third kappa shape index (κ3) is 4.10. The lowest BCUT2D eigenvalue weighted by molar-refractivity contribution is -0.133. The van der Waals surface area contributed by atoms with Crippen LogP contribution in [0.1, 0.15) is 26.2 Å². The Balaban J connectivity index is 2.38. The molecule has 0 aromatic carbocycles. The molecule has 0 saturated carbocycles. The molecule has 94 valence electrons. The van der Waals surface area contributed by atoms with Gasteiger partial charge in [-0.1, -0.05) is 0 Å². The van der Waals surface area contributed by atoms with E-state index in [0.29, 0.717) is 12.3 Å². The van der Waals surface area contributed by atoms with Crippen molar-refractivity contribution >= 4 is 5.91 Å². The van der Waals surface area contributed by atoms with Crippen molar-refractivity contribution in [3.8, 4) is 0 Å². The highest BCUT2D eigenvalue weighted by Crippen LogP contribution is 2.19. The minimum Gasteiger partial charge on any atom is -0.342 e. The smallest absolute Gasteiger partial charge is 0.223 e. The van der Waals surface area contributed by atoms with Crippen LogP contribution in [-0.4, -0.2) is 55.5 Å². The standard InChI is InChI=1S/C12H25N3O/c1-10(13)11-5-4-7-15(9-11)12(16)6-8-14(2)3/h10-11H,4-9,13H2,1-3H3. The molecule has 2 atom stereocenters. The van der Waals surface area contributed by atoms with Crippen molar-refractivity contribution in [3.63, 3.8) is 0 Å². The third-order valence-electron chi connectivity index (χ3n) is 3.33. The molecular formula is C12H25N3O. The molecule has 0 aliphatic carbocycles. The summed E-state index contributed by atoms with van der Waals surface area (Å²) in [5.41, 5.74) is 5.91. The van der Waals surface area contributed by atoms with Crippen LogP contribution < -0.4 is 5.73 Å². The topological polar surface area (TPSA) is 49.6 Å². The van der Waals surface area contributed by atoms with Gasteiger partial charge in [-0.15, -0.1) is 0 Å². The number of carbonyl (C=O) groups is 1. The number of hydrogen-bond acceptors (Lipinski definition) is 3. The number of piperidine rings is 1. The predicted molar refractivity (Wildman–Crippen MR) is 66.1 cm³/mol. The van der Waals surface area contributed by atoms with Crippen molar-refractivity contribution in [2.45, 2.75) is 32.2 Å². The Bertz CT molecular complexity index is 228. The number of carbonyl (C=O) groups excluding carboxylic acids is 1. The van der Waals surface area contributed by atoms with Gasteiger partial charge in [0.1, 0.15) is 0 Å². The zero-order valence-corrected chi connectivity index (χ0v) is 10.8. The summed E-state index contributed by atoms with van der Waals surface area (Å²) in [6.45, 7) is 4.63. The van der Waals surface area contributed by atoms with E-state index >= 15 is 0 Å². The van der Waals surface area contributed by atoms with Crippen LogP contribution in [-0.2, 0) is 4.79 Å². The Kier molecular flexibility index (Phi) is 5.22. The molecular weight excluding hydrogens is 202 g/mol. The second-order valence-corrected chi connectivity index (χ2v) is 5.15.